The molecule has 0 saturated carbocycles. The Balaban J connectivity index is 2.25. The number of halogens is 1. The predicted octanol–water partition coefficient (Wildman–Crippen LogP) is 1.32. The highest BCUT2D eigenvalue weighted by molar-refractivity contribution is 7.91. The molecule has 0 bridgehead atoms. The summed E-state index contributed by atoms with van der Waals surface area (Å²) < 4.78 is 33.0. The van der Waals surface area contributed by atoms with Gasteiger partial charge in [0.25, 0.3) is 0 Å². The van der Waals surface area contributed by atoms with E-state index in [0.717, 1.165) is 6.42 Å². The Labute approximate surface area is 125 Å². The zero-order valence-electron chi connectivity index (χ0n) is 11.6. The van der Waals surface area contributed by atoms with Crippen LogP contribution in [0.5, 0.6) is 0 Å². The normalized spacial score (nSPS) is 22.4. The molecule has 2 atom stereocenters. The molecule has 0 spiro atoms. The molecule has 0 aliphatic carbocycles. The van der Waals surface area contributed by atoms with Crippen LogP contribution in [0.15, 0.2) is 0 Å². The van der Waals surface area contributed by atoms with E-state index in [-0.39, 0.29) is 23.4 Å². The van der Waals surface area contributed by atoms with Crippen LogP contribution < -0.4 is 5.32 Å². The lowest BCUT2D eigenvalue weighted by Gasteiger charge is -2.17. The minimum Gasteiger partial charge on any atom is -0.445 e. The fraction of sp³-hybridized carbons (Fsp3) is 0.917. The summed E-state index contributed by atoms with van der Waals surface area (Å²) in [5, 5.41) is 2.56. The highest BCUT2D eigenvalue weighted by atomic mass is 35.5. The summed E-state index contributed by atoms with van der Waals surface area (Å²) in [6, 6.07) is -0.361. The van der Waals surface area contributed by atoms with Crippen molar-refractivity contribution in [3.63, 3.8) is 0 Å². The van der Waals surface area contributed by atoms with Gasteiger partial charge in [0.15, 0.2) is 9.84 Å². The smallest absolute Gasteiger partial charge is 0.407 e. The van der Waals surface area contributed by atoms with Crippen molar-refractivity contribution in [1.29, 1.82) is 0 Å². The van der Waals surface area contributed by atoms with Crippen molar-refractivity contribution < 1.29 is 22.7 Å². The maximum absolute atomic E-state index is 11.6. The number of alkyl carbamates (subject to hydrolysis) is 1. The van der Waals surface area contributed by atoms with Crippen LogP contribution in [-0.2, 0) is 19.3 Å². The van der Waals surface area contributed by atoms with Gasteiger partial charge < -0.3 is 14.8 Å². The maximum Gasteiger partial charge on any atom is 0.407 e. The molecule has 0 aromatic heterocycles. The van der Waals surface area contributed by atoms with Gasteiger partial charge in [0.2, 0.25) is 0 Å². The summed E-state index contributed by atoms with van der Waals surface area (Å²) >= 11 is 5.73. The molecule has 1 aliphatic heterocycles. The van der Waals surface area contributed by atoms with Crippen LogP contribution in [0.3, 0.4) is 0 Å². The third kappa shape index (κ3) is 6.76. The first kappa shape index (κ1) is 17.5. The molecule has 1 heterocycles. The number of rotatable bonds is 8. The standard InChI is InChI=1S/C12H22ClNO5S/c1-2-5-18-6-3-11(8-13)19-12(15)14-10-4-7-20(16,17)9-10/h10-11H,2-9H2,1H3,(H,14,15). The van der Waals surface area contributed by atoms with Gasteiger partial charge in [-0.05, 0) is 12.8 Å². The average molecular weight is 328 g/mol. The highest BCUT2D eigenvalue weighted by Crippen LogP contribution is 2.12. The van der Waals surface area contributed by atoms with Crippen LogP contribution in [0.2, 0.25) is 0 Å². The van der Waals surface area contributed by atoms with Crippen LogP contribution >= 0.6 is 11.6 Å². The second-order valence-corrected chi connectivity index (χ2v) is 7.36. The fourth-order valence-electron chi connectivity index (χ4n) is 1.89. The summed E-state index contributed by atoms with van der Waals surface area (Å²) in [5.74, 6) is 0.279. The van der Waals surface area contributed by atoms with E-state index >= 15 is 0 Å². The minimum absolute atomic E-state index is 0.0206. The van der Waals surface area contributed by atoms with Crippen molar-refractivity contribution in [1.82, 2.24) is 5.32 Å². The molecular weight excluding hydrogens is 306 g/mol. The summed E-state index contributed by atoms with van der Waals surface area (Å²) in [6.07, 6.45) is 0.852. The van der Waals surface area contributed by atoms with Crippen LogP contribution in [0.25, 0.3) is 0 Å². The Morgan fingerprint density at radius 3 is 2.75 bits per heavy atom. The second kappa shape index (κ2) is 8.69. The molecule has 2 unspecified atom stereocenters. The molecular formula is C12H22ClNO5S. The Morgan fingerprint density at radius 2 is 2.20 bits per heavy atom. The molecule has 0 aromatic rings. The number of carbonyl (C=O) groups is 1. The van der Waals surface area contributed by atoms with Crippen molar-refractivity contribution in [2.24, 2.45) is 0 Å². The number of alkyl halides is 1. The quantitative estimate of drug-likeness (QED) is 0.537. The first-order valence-electron chi connectivity index (χ1n) is 6.78. The van der Waals surface area contributed by atoms with Gasteiger partial charge in [-0.25, -0.2) is 13.2 Å². The van der Waals surface area contributed by atoms with E-state index < -0.39 is 22.0 Å². The monoisotopic (exact) mass is 327 g/mol. The first-order chi connectivity index (χ1) is 9.46. The lowest BCUT2D eigenvalue weighted by molar-refractivity contribution is 0.0668. The van der Waals surface area contributed by atoms with E-state index in [1.807, 2.05) is 6.92 Å². The van der Waals surface area contributed by atoms with Gasteiger partial charge in [-0.2, -0.15) is 0 Å². The van der Waals surface area contributed by atoms with E-state index in [4.69, 9.17) is 21.1 Å². The van der Waals surface area contributed by atoms with Gasteiger partial charge in [0.05, 0.1) is 24.0 Å². The highest BCUT2D eigenvalue weighted by Gasteiger charge is 2.29. The van der Waals surface area contributed by atoms with Gasteiger partial charge in [0.1, 0.15) is 6.10 Å². The number of amides is 1. The van der Waals surface area contributed by atoms with Gasteiger partial charge >= 0.3 is 6.09 Å². The number of ether oxygens (including phenoxy) is 2. The number of nitrogens with one attached hydrogen (secondary N) is 1. The number of sulfone groups is 1. The van der Waals surface area contributed by atoms with Crippen molar-refractivity contribution in [2.75, 3.05) is 30.6 Å². The molecule has 1 rings (SSSR count). The second-order valence-electron chi connectivity index (χ2n) is 4.83. The Hall–Kier alpha value is -0.530. The summed E-state index contributed by atoms with van der Waals surface area (Å²) in [6.45, 7) is 3.16. The fourth-order valence-corrected chi connectivity index (χ4v) is 3.78. The van der Waals surface area contributed by atoms with E-state index in [2.05, 4.69) is 5.32 Å². The Kier molecular flexibility index (Phi) is 7.61. The van der Waals surface area contributed by atoms with Gasteiger partial charge in [0, 0.05) is 19.1 Å². The molecule has 118 valence electrons. The largest absolute Gasteiger partial charge is 0.445 e. The van der Waals surface area contributed by atoms with E-state index in [9.17, 15) is 13.2 Å². The molecule has 1 aliphatic rings. The number of carbonyl (C=O) groups excluding carboxylic acids is 1. The molecule has 6 nitrogen and oxygen atoms in total. The van der Waals surface area contributed by atoms with Crippen molar-refractivity contribution in [3.8, 4) is 0 Å². The van der Waals surface area contributed by atoms with E-state index in [0.29, 0.717) is 26.1 Å². The predicted molar refractivity (Wildman–Crippen MR) is 76.9 cm³/mol. The van der Waals surface area contributed by atoms with Crippen LogP contribution in [0, 0.1) is 0 Å². The van der Waals surface area contributed by atoms with Crippen molar-refractivity contribution in [3.05, 3.63) is 0 Å². The van der Waals surface area contributed by atoms with Crippen LogP contribution in [-0.4, -0.2) is 57.3 Å². The molecule has 1 N–H and O–H groups in total. The topological polar surface area (TPSA) is 81.7 Å². The maximum atomic E-state index is 11.6. The van der Waals surface area contributed by atoms with Crippen LogP contribution in [0.1, 0.15) is 26.2 Å². The molecule has 0 aromatic carbocycles. The summed E-state index contributed by atoms with van der Waals surface area (Å²) in [5.41, 5.74) is 0. The summed E-state index contributed by atoms with van der Waals surface area (Å²) in [7, 11) is -3.01. The first-order valence-corrected chi connectivity index (χ1v) is 9.13. The average Bonchev–Trinajstić information content (AvgIpc) is 2.72. The number of hydrogen-bond acceptors (Lipinski definition) is 5. The third-order valence-electron chi connectivity index (χ3n) is 2.93. The third-order valence-corrected chi connectivity index (χ3v) is 5.04. The molecule has 0 radical (unpaired) electrons. The Morgan fingerprint density at radius 1 is 1.45 bits per heavy atom. The van der Waals surface area contributed by atoms with Crippen LogP contribution in [0.4, 0.5) is 4.79 Å². The summed E-state index contributed by atoms with van der Waals surface area (Å²) in [4.78, 5) is 11.6. The molecule has 1 fully saturated rings. The molecule has 20 heavy (non-hydrogen) atoms. The lowest BCUT2D eigenvalue weighted by Crippen LogP contribution is -2.38. The zero-order chi connectivity index (χ0) is 15.0. The molecule has 1 amide bonds. The number of hydrogen-bond donors (Lipinski definition) is 1. The van der Waals surface area contributed by atoms with Gasteiger partial charge in [-0.1, -0.05) is 6.92 Å². The molecule has 8 heteroatoms. The van der Waals surface area contributed by atoms with Gasteiger partial charge in [-0.3, -0.25) is 0 Å². The Bertz CT molecular complexity index is 401. The van der Waals surface area contributed by atoms with E-state index in [1.54, 1.807) is 0 Å². The minimum atomic E-state index is -3.01. The molecule has 1 saturated heterocycles. The van der Waals surface area contributed by atoms with Crippen molar-refractivity contribution >= 4 is 27.5 Å². The van der Waals surface area contributed by atoms with Crippen molar-refractivity contribution in [2.45, 2.75) is 38.3 Å². The van der Waals surface area contributed by atoms with Gasteiger partial charge in [-0.15, -0.1) is 11.6 Å². The SMILES string of the molecule is CCCOCCC(CCl)OC(=O)NC1CCS(=O)(=O)C1. The lowest BCUT2D eigenvalue weighted by atomic mass is 10.3. The zero-order valence-corrected chi connectivity index (χ0v) is 13.2. The van der Waals surface area contributed by atoms with E-state index in [1.165, 1.54) is 0 Å².